The van der Waals surface area contributed by atoms with Gasteiger partial charge in [-0.25, -0.2) is 0 Å². The summed E-state index contributed by atoms with van der Waals surface area (Å²) in [6, 6.07) is 0. The van der Waals surface area contributed by atoms with Crippen LogP contribution in [0.2, 0.25) is 0 Å². The second kappa shape index (κ2) is 5.61. The lowest BCUT2D eigenvalue weighted by molar-refractivity contribution is -0.917. The van der Waals surface area contributed by atoms with Gasteiger partial charge in [0.15, 0.2) is 0 Å². The van der Waals surface area contributed by atoms with Crippen molar-refractivity contribution in [3.8, 4) is 0 Å². The number of quaternary nitrogens is 1. The van der Waals surface area contributed by atoms with Crippen LogP contribution in [0.15, 0.2) is 0 Å². The van der Waals surface area contributed by atoms with Crippen LogP contribution in [-0.2, 0) is 4.74 Å². The summed E-state index contributed by atoms with van der Waals surface area (Å²) in [4.78, 5) is 0. The molecule has 2 nitrogen and oxygen atoms in total. The minimum Gasteiger partial charge on any atom is -0.379 e. The summed E-state index contributed by atoms with van der Waals surface area (Å²) < 4.78 is 6.53. The van der Waals surface area contributed by atoms with Crippen molar-refractivity contribution in [2.24, 2.45) is 0 Å². The number of nitrogens with zero attached hydrogens (tertiary/aromatic N) is 1. The second-order valence-corrected chi connectivity index (χ2v) is 4.29. The van der Waals surface area contributed by atoms with E-state index in [9.17, 15) is 0 Å². The second-order valence-electron chi connectivity index (χ2n) is 4.29. The van der Waals surface area contributed by atoms with Crippen molar-refractivity contribution in [1.82, 2.24) is 0 Å². The van der Waals surface area contributed by atoms with Crippen molar-refractivity contribution in [3.63, 3.8) is 0 Å². The SMILES string of the molecule is CCCC[N+]1(CCOC)CCCC1. The Morgan fingerprint density at radius 1 is 1.15 bits per heavy atom. The largest absolute Gasteiger partial charge is 0.379 e. The van der Waals surface area contributed by atoms with E-state index in [0.29, 0.717) is 0 Å². The van der Waals surface area contributed by atoms with Gasteiger partial charge in [0.05, 0.1) is 26.2 Å². The van der Waals surface area contributed by atoms with Gasteiger partial charge in [0.2, 0.25) is 0 Å². The number of hydrogen-bond acceptors (Lipinski definition) is 1. The fourth-order valence-electron chi connectivity index (χ4n) is 2.34. The molecule has 1 rings (SSSR count). The average Bonchev–Trinajstić information content (AvgIpc) is 2.61. The Labute approximate surface area is 82.5 Å². The Hall–Kier alpha value is -0.0800. The van der Waals surface area contributed by atoms with Crippen LogP contribution in [-0.4, -0.2) is 44.4 Å². The Balaban J connectivity index is 2.33. The van der Waals surface area contributed by atoms with Crippen LogP contribution in [0.5, 0.6) is 0 Å². The normalized spacial score (nSPS) is 20.8. The van der Waals surface area contributed by atoms with E-state index in [4.69, 9.17) is 4.74 Å². The number of rotatable bonds is 6. The molecule has 1 fully saturated rings. The first-order valence-corrected chi connectivity index (χ1v) is 5.67. The van der Waals surface area contributed by atoms with E-state index in [1.807, 2.05) is 7.11 Å². The van der Waals surface area contributed by atoms with Crippen LogP contribution in [0.1, 0.15) is 32.6 Å². The monoisotopic (exact) mass is 186 g/mol. The molecule has 0 unspecified atom stereocenters. The van der Waals surface area contributed by atoms with Gasteiger partial charge >= 0.3 is 0 Å². The molecule has 0 aromatic rings. The Morgan fingerprint density at radius 2 is 1.85 bits per heavy atom. The van der Waals surface area contributed by atoms with Crippen LogP contribution < -0.4 is 0 Å². The maximum Gasteiger partial charge on any atom is 0.102 e. The first kappa shape index (κ1) is 11.0. The first-order valence-electron chi connectivity index (χ1n) is 5.67. The van der Waals surface area contributed by atoms with Crippen molar-refractivity contribution < 1.29 is 9.22 Å². The molecule has 0 aromatic heterocycles. The molecule has 0 radical (unpaired) electrons. The maximum atomic E-state index is 5.19. The average molecular weight is 186 g/mol. The third-order valence-electron chi connectivity index (χ3n) is 3.27. The molecule has 1 saturated heterocycles. The van der Waals surface area contributed by atoms with Crippen LogP contribution >= 0.6 is 0 Å². The number of hydrogen-bond donors (Lipinski definition) is 0. The highest BCUT2D eigenvalue weighted by Crippen LogP contribution is 2.20. The van der Waals surface area contributed by atoms with Gasteiger partial charge in [-0.1, -0.05) is 13.3 Å². The highest BCUT2D eigenvalue weighted by atomic mass is 16.5. The number of likely N-dealkylation sites (tertiary alicyclic amines) is 1. The molecule has 0 bridgehead atoms. The minimum atomic E-state index is 0.934. The third kappa shape index (κ3) is 3.28. The smallest absolute Gasteiger partial charge is 0.102 e. The molecule has 0 aliphatic carbocycles. The highest BCUT2D eigenvalue weighted by Gasteiger charge is 2.30. The van der Waals surface area contributed by atoms with Crippen LogP contribution in [0.3, 0.4) is 0 Å². The van der Waals surface area contributed by atoms with E-state index < -0.39 is 0 Å². The number of unbranched alkanes of at least 4 members (excludes halogenated alkanes) is 1. The topological polar surface area (TPSA) is 9.23 Å². The summed E-state index contributed by atoms with van der Waals surface area (Å²) in [7, 11) is 1.81. The van der Waals surface area contributed by atoms with Gasteiger partial charge in [-0.2, -0.15) is 0 Å². The predicted molar refractivity (Wildman–Crippen MR) is 55.7 cm³/mol. The molecule has 0 spiro atoms. The van der Waals surface area contributed by atoms with Gasteiger partial charge in [-0.05, 0) is 6.42 Å². The molecule has 0 N–H and O–H groups in total. The Kier molecular flexibility index (Phi) is 4.74. The van der Waals surface area contributed by atoms with E-state index in [1.54, 1.807) is 0 Å². The predicted octanol–water partition coefficient (Wildman–Crippen LogP) is 2.04. The molecule has 1 heterocycles. The number of methoxy groups -OCH3 is 1. The standard InChI is InChI=1S/C11H24NO/c1-3-4-7-12(10-11-13-2)8-5-6-9-12/h3-11H2,1-2H3/q+1. The molecule has 0 amide bonds. The lowest BCUT2D eigenvalue weighted by Crippen LogP contribution is -2.48. The van der Waals surface area contributed by atoms with Gasteiger partial charge in [0.1, 0.15) is 6.54 Å². The van der Waals surface area contributed by atoms with Gasteiger partial charge in [-0.3, -0.25) is 0 Å². The summed E-state index contributed by atoms with van der Waals surface area (Å²) in [5.41, 5.74) is 0. The van der Waals surface area contributed by atoms with Crippen molar-refractivity contribution in [2.75, 3.05) is 39.9 Å². The fraction of sp³-hybridized carbons (Fsp3) is 1.00. The van der Waals surface area contributed by atoms with Crippen LogP contribution in [0.25, 0.3) is 0 Å². The Morgan fingerprint density at radius 3 is 2.38 bits per heavy atom. The van der Waals surface area contributed by atoms with Gasteiger partial charge in [0.25, 0.3) is 0 Å². The summed E-state index contributed by atoms with van der Waals surface area (Å²) >= 11 is 0. The molecule has 1 aliphatic rings. The molecule has 0 atom stereocenters. The maximum absolute atomic E-state index is 5.19. The zero-order valence-electron chi connectivity index (χ0n) is 9.22. The molecular weight excluding hydrogens is 162 g/mol. The molecule has 2 heteroatoms. The summed E-state index contributed by atoms with van der Waals surface area (Å²) in [6.45, 7) is 8.61. The fourth-order valence-corrected chi connectivity index (χ4v) is 2.34. The highest BCUT2D eigenvalue weighted by molar-refractivity contribution is 4.55. The van der Waals surface area contributed by atoms with Crippen molar-refractivity contribution in [1.29, 1.82) is 0 Å². The van der Waals surface area contributed by atoms with Crippen LogP contribution in [0, 0.1) is 0 Å². The zero-order chi connectivity index (χ0) is 9.57. The van der Waals surface area contributed by atoms with Crippen molar-refractivity contribution in [3.05, 3.63) is 0 Å². The first-order chi connectivity index (χ1) is 6.33. The number of ether oxygens (including phenoxy) is 1. The minimum absolute atomic E-state index is 0.934. The summed E-state index contributed by atoms with van der Waals surface area (Å²) in [5, 5.41) is 0. The molecule has 13 heavy (non-hydrogen) atoms. The quantitative estimate of drug-likeness (QED) is 0.577. The van der Waals surface area contributed by atoms with E-state index in [-0.39, 0.29) is 0 Å². The van der Waals surface area contributed by atoms with Crippen LogP contribution in [0.4, 0.5) is 0 Å². The van der Waals surface area contributed by atoms with Gasteiger partial charge in [0, 0.05) is 20.0 Å². The molecule has 0 saturated carbocycles. The molecular formula is C11H24NO+. The summed E-state index contributed by atoms with van der Waals surface area (Å²) in [6.07, 6.45) is 5.55. The van der Waals surface area contributed by atoms with E-state index in [2.05, 4.69) is 6.92 Å². The van der Waals surface area contributed by atoms with E-state index in [1.165, 1.54) is 56.3 Å². The molecule has 1 aliphatic heterocycles. The van der Waals surface area contributed by atoms with Crippen molar-refractivity contribution in [2.45, 2.75) is 32.6 Å². The van der Waals surface area contributed by atoms with Gasteiger partial charge < -0.3 is 9.22 Å². The zero-order valence-corrected chi connectivity index (χ0v) is 9.22. The molecule has 78 valence electrons. The van der Waals surface area contributed by atoms with Crippen molar-refractivity contribution >= 4 is 0 Å². The Bertz CT molecular complexity index is 120. The van der Waals surface area contributed by atoms with E-state index >= 15 is 0 Å². The van der Waals surface area contributed by atoms with Gasteiger partial charge in [-0.15, -0.1) is 0 Å². The lowest BCUT2D eigenvalue weighted by Gasteiger charge is -2.34. The third-order valence-corrected chi connectivity index (χ3v) is 3.27. The van der Waals surface area contributed by atoms with E-state index in [0.717, 1.165) is 6.61 Å². The summed E-state index contributed by atoms with van der Waals surface area (Å²) in [5.74, 6) is 0. The lowest BCUT2D eigenvalue weighted by atomic mass is 10.2. The molecule has 0 aromatic carbocycles.